The molecule has 0 bridgehead atoms. The summed E-state index contributed by atoms with van der Waals surface area (Å²) in [5, 5.41) is 5.02. The molecule has 2 aromatic rings. The lowest BCUT2D eigenvalue weighted by molar-refractivity contribution is 0.761. The van der Waals surface area contributed by atoms with Gasteiger partial charge in [-0.05, 0) is 12.2 Å². The summed E-state index contributed by atoms with van der Waals surface area (Å²) in [7, 11) is 1.82. The lowest BCUT2D eigenvalue weighted by Crippen LogP contribution is -1.90. The Morgan fingerprint density at radius 3 is 2.85 bits per heavy atom. The minimum absolute atomic E-state index is 0.737. The van der Waals surface area contributed by atoms with Crippen LogP contribution in [0.4, 0.5) is 0 Å². The van der Waals surface area contributed by atoms with Crippen LogP contribution in [0.15, 0.2) is 18.6 Å². The van der Waals surface area contributed by atoms with Gasteiger partial charge in [-0.15, -0.1) is 0 Å². The highest BCUT2D eigenvalue weighted by molar-refractivity contribution is 7.73. The number of aromatic nitrogens is 4. The van der Waals surface area contributed by atoms with Crippen LogP contribution in [0.2, 0.25) is 0 Å². The van der Waals surface area contributed by atoms with Crippen LogP contribution in [0.25, 0.3) is 10.7 Å². The van der Waals surface area contributed by atoms with Gasteiger partial charge in [0.25, 0.3) is 0 Å². The maximum atomic E-state index is 5.04. The summed E-state index contributed by atoms with van der Waals surface area (Å²) < 4.78 is 2.39. The molecule has 0 aliphatic heterocycles. The van der Waals surface area contributed by atoms with Crippen molar-refractivity contribution in [3.63, 3.8) is 0 Å². The fourth-order valence-corrected chi connectivity index (χ4v) is 1.85. The minimum atomic E-state index is 0.737. The van der Waals surface area contributed by atoms with Crippen molar-refractivity contribution in [2.75, 3.05) is 0 Å². The predicted molar refractivity (Wildman–Crippen MR) is 52.9 cm³/mol. The fourth-order valence-electron chi connectivity index (χ4n) is 0.859. The molecule has 2 rings (SSSR count). The topological polar surface area (TPSA) is 43.6 Å². The van der Waals surface area contributed by atoms with Gasteiger partial charge in [0.05, 0.1) is 6.20 Å². The van der Waals surface area contributed by atoms with E-state index in [9.17, 15) is 0 Å². The van der Waals surface area contributed by atoms with Gasteiger partial charge in [-0.1, -0.05) is 11.3 Å². The molecule has 0 spiro atoms. The van der Waals surface area contributed by atoms with Crippen LogP contribution in [-0.4, -0.2) is 19.7 Å². The molecule has 0 radical (unpaired) electrons. The molecular formula is C7H6N4S2. The molecule has 2 aromatic heterocycles. The molecule has 0 saturated heterocycles. The first-order valence-electron chi connectivity index (χ1n) is 3.58. The van der Waals surface area contributed by atoms with Crippen LogP contribution in [0.3, 0.4) is 0 Å². The molecule has 0 atom stereocenters. The Labute approximate surface area is 83.9 Å². The Kier molecular flexibility index (Phi) is 2.15. The number of nitrogens with zero attached hydrogens (tertiary/aromatic N) is 4. The zero-order chi connectivity index (χ0) is 9.26. The highest BCUT2D eigenvalue weighted by Crippen LogP contribution is 2.18. The number of aryl methyl sites for hydroxylation is 1. The standard InChI is InChI=1S/C7H6N4S2/c1-11-7(12)13-6(10-11)5-4-8-2-3-9-5/h2-4H,1H3. The monoisotopic (exact) mass is 210 g/mol. The van der Waals surface area contributed by atoms with E-state index in [1.165, 1.54) is 11.3 Å². The lowest BCUT2D eigenvalue weighted by atomic mass is 10.5. The van der Waals surface area contributed by atoms with Gasteiger partial charge in [-0.25, -0.2) is 4.68 Å². The van der Waals surface area contributed by atoms with E-state index >= 15 is 0 Å². The predicted octanol–water partition coefficient (Wildman–Crippen LogP) is 1.67. The molecule has 66 valence electrons. The molecule has 0 saturated carbocycles. The van der Waals surface area contributed by atoms with Gasteiger partial charge in [-0.3, -0.25) is 9.97 Å². The van der Waals surface area contributed by atoms with Crippen molar-refractivity contribution in [1.82, 2.24) is 19.7 Å². The van der Waals surface area contributed by atoms with Crippen LogP contribution >= 0.6 is 23.6 Å². The van der Waals surface area contributed by atoms with Gasteiger partial charge in [0.2, 0.25) is 0 Å². The first-order valence-corrected chi connectivity index (χ1v) is 4.80. The van der Waals surface area contributed by atoms with E-state index in [-0.39, 0.29) is 0 Å². The first-order chi connectivity index (χ1) is 6.27. The van der Waals surface area contributed by atoms with Gasteiger partial charge in [0, 0.05) is 19.4 Å². The van der Waals surface area contributed by atoms with E-state index < -0.39 is 0 Å². The van der Waals surface area contributed by atoms with E-state index in [1.807, 2.05) is 7.05 Å². The third-order valence-corrected chi connectivity index (χ3v) is 2.91. The van der Waals surface area contributed by atoms with Crippen LogP contribution < -0.4 is 0 Å². The molecule has 0 aliphatic carbocycles. The van der Waals surface area contributed by atoms with Gasteiger partial charge in [-0.2, -0.15) is 5.10 Å². The summed E-state index contributed by atoms with van der Waals surface area (Å²) in [4.78, 5) is 8.09. The van der Waals surface area contributed by atoms with E-state index in [0.29, 0.717) is 0 Å². The molecule has 0 fully saturated rings. The second kappa shape index (κ2) is 3.31. The Morgan fingerprint density at radius 2 is 2.31 bits per heavy atom. The Morgan fingerprint density at radius 1 is 1.46 bits per heavy atom. The molecule has 4 nitrogen and oxygen atoms in total. The van der Waals surface area contributed by atoms with Crippen LogP contribution in [0, 0.1) is 3.95 Å². The van der Waals surface area contributed by atoms with E-state index in [4.69, 9.17) is 12.2 Å². The third-order valence-electron chi connectivity index (χ3n) is 1.47. The molecule has 0 unspecified atom stereocenters. The van der Waals surface area contributed by atoms with Gasteiger partial charge in [0.1, 0.15) is 5.69 Å². The van der Waals surface area contributed by atoms with Gasteiger partial charge < -0.3 is 0 Å². The van der Waals surface area contributed by atoms with Gasteiger partial charge in [0.15, 0.2) is 8.96 Å². The maximum absolute atomic E-state index is 5.04. The van der Waals surface area contributed by atoms with Crippen molar-refractivity contribution in [2.24, 2.45) is 7.05 Å². The van der Waals surface area contributed by atoms with E-state index in [0.717, 1.165) is 14.7 Å². The Hall–Kier alpha value is -1.14. The fraction of sp³-hybridized carbons (Fsp3) is 0.143. The smallest absolute Gasteiger partial charge is 0.179 e. The summed E-state index contributed by atoms with van der Waals surface area (Å²) in [6.07, 6.45) is 4.94. The average molecular weight is 210 g/mol. The number of rotatable bonds is 1. The largest absolute Gasteiger partial charge is 0.261 e. The first kappa shape index (κ1) is 8.46. The highest BCUT2D eigenvalue weighted by atomic mass is 32.1. The zero-order valence-corrected chi connectivity index (χ0v) is 8.47. The van der Waals surface area contributed by atoms with Crippen molar-refractivity contribution in [2.45, 2.75) is 0 Å². The lowest BCUT2D eigenvalue weighted by Gasteiger charge is -1.90. The average Bonchev–Trinajstić information content (AvgIpc) is 2.49. The van der Waals surface area contributed by atoms with Crippen LogP contribution in [-0.2, 0) is 7.05 Å². The van der Waals surface area contributed by atoms with Crippen molar-refractivity contribution in [3.8, 4) is 10.7 Å². The Balaban J connectivity index is 2.54. The molecule has 6 heteroatoms. The van der Waals surface area contributed by atoms with Crippen molar-refractivity contribution >= 4 is 23.6 Å². The second-order valence-electron chi connectivity index (χ2n) is 2.39. The molecule has 0 amide bonds. The normalized spacial score (nSPS) is 10.2. The molecule has 2 heterocycles. The molecular weight excluding hydrogens is 204 g/mol. The molecule has 0 aliphatic rings. The molecule has 0 aromatic carbocycles. The van der Waals surface area contributed by atoms with Gasteiger partial charge >= 0.3 is 0 Å². The van der Waals surface area contributed by atoms with Crippen molar-refractivity contribution in [3.05, 3.63) is 22.5 Å². The summed E-state index contributed by atoms with van der Waals surface area (Å²) in [5.41, 5.74) is 0.763. The summed E-state index contributed by atoms with van der Waals surface area (Å²) in [6.45, 7) is 0. The SMILES string of the molecule is Cn1nc(-c2cnccn2)sc1=S. The van der Waals surface area contributed by atoms with Crippen LogP contribution in [0.5, 0.6) is 0 Å². The number of hydrogen-bond donors (Lipinski definition) is 0. The molecule has 0 N–H and O–H groups in total. The second-order valence-corrected chi connectivity index (χ2v) is 4.01. The van der Waals surface area contributed by atoms with E-state index in [2.05, 4.69) is 15.1 Å². The quantitative estimate of drug-likeness (QED) is 0.671. The third kappa shape index (κ3) is 1.63. The minimum Gasteiger partial charge on any atom is -0.261 e. The zero-order valence-electron chi connectivity index (χ0n) is 6.84. The highest BCUT2D eigenvalue weighted by Gasteiger charge is 2.04. The number of hydrogen-bond acceptors (Lipinski definition) is 5. The Bertz CT molecular complexity index is 459. The maximum Gasteiger partial charge on any atom is 0.179 e. The summed E-state index contributed by atoms with van der Waals surface area (Å²) in [5.74, 6) is 0. The molecule has 13 heavy (non-hydrogen) atoms. The van der Waals surface area contributed by atoms with E-state index in [1.54, 1.807) is 23.3 Å². The van der Waals surface area contributed by atoms with Crippen LogP contribution in [0.1, 0.15) is 0 Å². The summed E-state index contributed by atoms with van der Waals surface area (Å²) in [6, 6.07) is 0. The van der Waals surface area contributed by atoms with Crippen molar-refractivity contribution in [1.29, 1.82) is 0 Å². The van der Waals surface area contributed by atoms with Crippen molar-refractivity contribution < 1.29 is 0 Å². The summed E-state index contributed by atoms with van der Waals surface area (Å²) >= 11 is 6.48.